The Labute approximate surface area is 160 Å². The van der Waals surface area contributed by atoms with Gasteiger partial charge in [-0.15, -0.1) is 6.58 Å². The Morgan fingerprint density at radius 2 is 1.89 bits per heavy atom. The van der Waals surface area contributed by atoms with E-state index in [9.17, 15) is 9.59 Å². The summed E-state index contributed by atoms with van der Waals surface area (Å²) in [5.41, 5.74) is 1.28. The predicted octanol–water partition coefficient (Wildman–Crippen LogP) is 2.94. The summed E-state index contributed by atoms with van der Waals surface area (Å²) in [7, 11) is 0. The van der Waals surface area contributed by atoms with Crippen molar-refractivity contribution in [3.05, 3.63) is 24.4 Å². The van der Waals surface area contributed by atoms with Crippen LogP contribution < -0.4 is 10.8 Å². The van der Waals surface area contributed by atoms with Crippen molar-refractivity contribution < 1.29 is 19.3 Å². The maximum absolute atomic E-state index is 13.2. The van der Waals surface area contributed by atoms with Crippen LogP contribution in [0.25, 0.3) is 0 Å². The Morgan fingerprint density at radius 3 is 2.30 bits per heavy atom. The number of aromatic nitrogens is 2. The molecule has 0 saturated carbocycles. The van der Waals surface area contributed by atoms with E-state index in [2.05, 4.69) is 22.0 Å². The summed E-state index contributed by atoms with van der Waals surface area (Å²) in [6.07, 6.45) is 2.33. The summed E-state index contributed by atoms with van der Waals surface area (Å²) in [5, 5.41) is 15.9. The lowest BCUT2D eigenvalue weighted by molar-refractivity contribution is -0.141. The van der Waals surface area contributed by atoms with Gasteiger partial charge in [-0.2, -0.15) is 4.98 Å². The smallest absolute Gasteiger partial charge is 0.249 e. The maximum Gasteiger partial charge on any atom is 0.249 e. The van der Waals surface area contributed by atoms with Crippen LogP contribution in [-0.2, 0) is 9.59 Å². The molecule has 1 aromatic rings. The average molecular weight is 380 g/mol. The van der Waals surface area contributed by atoms with Crippen molar-refractivity contribution in [1.82, 2.24) is 20.9 Å². The molecule has 0 aliphatic rings. The Kier molecular flexibility index (Phi) is 8.15. The fourth-order valence-corrected chi connectivity index (χ4v) is 3.01. The van der Waals surface area contributed by atoms with Crippen molar-refractivity contribution in [3.63, 3.8) is 0 Å². The second-order valence-corrected chi connectivity index (χ2v) is 8.33. The van der Waals surface area contributed by atoms with E-state index in [1.54, 1.807) is 18.5 Å². The number of aryl methyl sites for hydroxylation is 1. The fourth-order valence-electron chi connectivity index (χ4n) is 3.01. The fraction of sp³-hybridized carbons (Fsp3) is 0.684. The zero-order valence-electron chi connectivity index (χ0n) is 17.1. The molecule has 8 nitrogen and oxygen atoms in total. The van der Waals surface area contributed by atoms with E-state index in [0.717, 1.165) is 0 Å². The van der Waals surface area contributed by atoms with Crippen LogP contribution in [0, 0.1) is 30.1 Å². The number of carbonyl (C=O) groups excluding carboxylic acids is 2. The first-order valence-electron chi connectivity index (χ1n) is 9.16. The van der Waals surface area contributed by atoms with Gasteiger partial charge in [0.15, 0.2) is 5.82 Å². The van der Waals surface area contributed by atoms with Gasteiger partial charge >= 0.3 is 0 Å². The number of allylic oxidation sites excluding steroid dienone is 1. The van der Waals surface area contributed by atoms with E-state index in [1.165, 1.54) is 0 Å². The first-order valence-corrected chi connectivity index (χ1v) is 9.16. The number of amides is 2. The molecule has 1 heterocycles. The lowest BCUT2D eigenvalue weighted by Crippen LogP contribution is -2.45. The topological polar surface area (TPSA) is 117 Å². The number of hydroxylamine groups is 1. The van der Waals surface area contributed by atoms with Gasteiger partial charge in [-0.25, -0.2) is 5.48 Å². The van der Waals surface area contributed by atoms with E-state index in [0.29, 0.717) is 18.1 Å². The Bertz CT molecular complexity index is 648. The van der Waals surface area contributed by atoms with Gasteiger partial charge in [-0.1, -0.05) is 45.9 Å². The minimum absolute atomic E-state index is 0.179. The normalized spacial score (nSPS) is 15.1. The van der Waals surface area contributed by atoms with Crippen molar-refractivity contribution >= 4 is 11.8 Å². The van der Waals surface area contributed by atoms with Gasteiger partial charge in [-0.05, 0) is 31.1 Å². The molecule has 3 atom stereocenters. The van der Waals surface area contributed by atoms with Gasteiger partial charge in [-0.3, -0.25) is 14.8 Å². The molecule has 0 fully saturated rings. The molecule has 0 aromatic carbocycles. The van der Waals surface area contributed by atoms with E-state index < -0.39 is 23.8 Å². The van der Waals surface area contributed by atoms with Crippen LogP contribution in [0.3, 0.4) is 0 Å². The molecule has 1 rings (SSSR count). The molecule has 3 N–H and O–H groups in total. The summed E-state index contributed by atoms with van der Waals surface area (Å²) in [5.74, 6) is -1.27. The zero-order valence-corrected chi connectivity index (χ0v) is 17.1. The summed E-state index contributed by atoms with van der Waals surface area (Å²) in [6, 6.07) is -0.512. The molecule has 152 valence electrons. The molecular formula is C19H32N4O4. The summed E-state index contributed by atoms with van der Waals surface area (Å²) >= 11 is 0. The van der Waals surface area contributed by atoms with Crippen molar-refractivity contribution in [2.75, 3.05) is 0 Å². The molecular weight excluding hydrogens is 348 g/mol. The van der Waals surface area contributed by atoms with Crippen LogP contribution in [0.1, 0.15) is 65.2 Å². The third kappa shape index (κ3) is 6.46. The summed E-state index contributed by atoms with van der Waals surface area (Å²) < 4.78 is 5.28. The number of rotatable bonds is 9. The molecule has 2 amide bonds. The second-order valence-electron chi connectivity index (χ2n) is 8.33. The van der Waals surface area contributed by atoms with Crippen molar-refractivity contribution in [2.45, 2.75) is 60.4 Å². The number of hydrogen-bond acceptors (Lipinski definition) is 6. The predicted molar refractivity (Wildman–Crippen MR) is 101 cm³/mol. The number of carbonyl (C=O) groups is 2. The lowest BCUT2D eigenvalue weighted by atomic mass is 9.80. The first kappa shape index (κ1) is 22.8. The molecule has 0 aliphatic carbocycles. The quantitative estimate of drug-likeness (QED) is 0.344. The van der Waals surface area contributed by atoms with E-state index in [-0.39, 0.29) is 23.7 Å². The summed E-state index contributed by atoms with van der Waals surface area (Å²) in [6.45, 7) is 15.2. The standard InChI is InChI=1S/C19H32N4O4/c1-8-9-13(17(25)22-26)14(10-11(2)3)16(24)21-15(19(5,6)7)18-20-12(4)23-27-18/h8,11,13-15,26H,1,9-10H2,2-7H3,(H,21,24)(H,22,25)/t13-,14+,15+/m0/s1. The first-order chi connectivity index (χ1) is 12.5. The number of hydrogen-bond donors (Lipinski definition) is 3. The van der Waals surface area contributed by atoms with E-state index in [4.69, 9.17) is 9.73 Å². The number of nitrogens with one attached hydrogen (secondary N) is 2. The van der Waals surface area contributed by atoms with Crippen molar-refractivity contribution in [1.29, 1.82) is 0 Å². The number of nitrogens with zero attached hydrogens (tertiary/aromatic N) is 2. The molecule has 0 bridgehead atoms. The zero-order chi connectivity index (χ0) is 20.8. The van der Waals surface area contributed by atoms with Gasteiger partial charge in [0.1, 0.15) is 6.04 Å². The Hall–Kier alpha value is -2.22. The maximum atomic E-state index is 13.2. The highest BCUT2D eigenvalue weighted by atomic mass is 16.5. The van der Waals surface area contributed by atoms with Crippen molar-refractivity contribution in [2.24, 2.45) is 23.2 Å². The molecule has 1 aromatic heterocycles. The van der Waals surface area contributed by atoms with Crippen LogP contribution in [0.4, 0.5) is 0 Å². The van der Waals surface area contributed by atoms with Crippen molar-refractivity contribution in [3.8, 4) is 0 Å². The third-order valence-corrected chi connectivity index (χ3v) is 4.36. The minimum atomic E-state index is -0.722. The third-order valence-electron chi connectivity index (χ3n) is 4.36. The highest BCUT2D eigenvalue weighted by Gasteiger charge is 2.38. The Balaban J connectivity index is 3.18. The molecule has 0 unspecified atom stereocenters. The van der Waals surface area contributed by atoms with E-state index in [1.807, 2.05) is 34.6 Å². The molecule has 0 saturated heterocycles. The SMILES string of the molecule is C=CC[C@H](C(=O)NO)[C@@H](CC(C)C)C(=O)N[C@H](c1nc(C)no1)C(C)(C)C. The molecule has 0 aliphatic heterocycles. The van der Waals surface area contributed by atoms with Crippen LogP contribution >= 0.6 is 0 Å². The highest BCUT2D eigenvalue weighted by Crippen LogP contribution is 2.33. The van der Waals surface area contributed by atoms with Gasteiger partial charge in [0.05, 0.1) is 11.8 Å². The van der Waals surface area contributed by atoms with Gasteiger partial charge in [0.25, 0.3) is 0 Å². The molecule has 8 heteroatoms. The molecule has 27 heavy (non-hydrogen) atoms. The van der Waals surface area contributed by atoms with Crippen LogP contribution in [0.5, 0.6) is 0 Å². The average Bonchev–Trinajstić information content (AvgIpc) is 2.99. The molecule has 0 radical (unpaired) electrons. The van der Waals surface area contributed by atoms with Crippen LogP contribution in [-0.4, -0.2) is 27.2 Å². The minimum Gasteiger partial charge on any atom is -0.344 e. The molecule has 0 spiro atoms. The Morgan fingerprint density at radius 1 is 1.26 bits per heavy atom. The highest BCUT2D eigenvalue weighted by molar-refractivity contribution is 5.87. The lowest BCUT2D eigenvalue weighted by Gasteiger charge is -2.32. The summed E-state index contributed by atoms with van der Waals surface area (Å²) in [4.78, 5) is 29.6. The largest absolute Gasteiger partial charge is 0.344 e. The van der Waals surface area contributed by atoms with Gasteiger partial charge in [0, 0.05) is 0 Å². The van der Waals surface area contributed by atoms with Crippen LogP contribution in [0.2, 0.25) is 0 Å². The van der Waals surface area contributed by atoms with Gasteiger partial charge in [0.2, 0.25) is 17.7 Å². The van der Waals surface area contributed by atoms with Crippen LogP contribution in [0.15, 0.2) is 17.2 Å². The van der Waals surface area contributed by atoms with Gasteiger partial charge < -0.3 is 9.84 Å². The monoisotopic (exact) mass is 380 g/mol. The van der Waals surface area contributed by atoms with E-state index >= 15 is 0 Å². The second kappa shape index (κ2) is 9.64.